The van der Waals surface area contributed by atoms with Gasteiger partial charge in [0.2, 0.25) is 11.8 Å². The van der Waals surface area contributed by atoms with Gasteiger partial charge in [0.15, 0.2) is 0 Å². The third-order valence-corrected chi connectivity index (χ3v) is 6.87. The average Bonchev–Trinajstić information content (AvgIpc) is 3.09. The van der Waals surface area contributed by atoms with E-state index >= 15 is 0 Å². The molecule has 2 aliphatic rings. The summed E-state index contributed by atoms with van der Waals surface area (Å²) in [5, 5.41) is 3.69. The Hall–Kier alpha value is -2.44. The Morgan fingerprint density at radius 3 is 2.71 bits per heavy atom. The van der Waals surface area contributed by atoms with Crippen LogP contribution in [0, 0.1) is 5.41 Å². The van der Waals surface area contributed by atoms with Gasteiger partial charge in [-0.2, -0.15) is 0 Å². The number of likely N-dealkylation sites (N-methyl/N-ethyl adjacent to an activating group) is 1. The van der Waals surface area contributed by atoms with Crippen LogP contribution in [0.5, 0.6) is 0 Å². The zero-order chi connectivity index (χ0) is 21.8. The molecule has 1 spiro atoms. The van der Waals surface area contributed by atoms with Crippen LogP contribution in [0.2, 0.25) is 5.02 Å². The Balaban J connectivity index is 1.29. The van der Waals surface area contributed by atoms with E-state index in [1.165, 1.54) is 0 Å². The van der Waals surface area contributed by atoms with Gasteiger partial charge in [-0.1, -0.05) is 29.8 Å². The Labute approximate surface area is 188 Å². The summed E-state index contributed by atoms with van der Waals surface area (Å²) in [6, 6.07) is 13.1. The second kappa shape index (κ2) is 9.37. The fraction of sp³-hybridized carbons (Fsp3) is 0.458. The van der Waals surface area contributed by atoms with Gasteiger partial charge < -0.3 is 10.2 Å². The average molecular weight is 441 g/mol. The molecule has 7 heteroatoms. The first kappa shape index (κ1) is 21.8. The molecule has 2 amide bonds. The Morgan fingerprint density at radius 2 is 2.00 bits per heavy atom. The number of aromatic nitrogens is 1. The minimum absolute atomic E-state index is 0.0597. The SMILES string of the molecule is CN1CC2(CCN(C(=O)Cc3cccc(Cl)c3)CC2)CC1C(=O)NCc1ccccn1. The fourth-order valence-corrected chi connectivity index (χ4v) is 5.10. The highest BCUT2D eigenvalue weighted by Gasteiger charge is 2.46. The van der Waals surface area contributed by atoms with Crippen LogP contribution in [0.1, 0.15) is 30.5 Å². The lowest BCUT2D eigenvalue weighted by Crippen LogP contribution is -2.44. The van der Waals surface area contributed by atoms with E-state index in [-0.39, 0.29) is 23.3 Å². The van der Waals surface area contributed by atoms with E-state index in [2.05, 4.69) is 15.2 Å². The number of halogens is 1. The van der Waals surface area contributed by atoms with Crippen molar-refractivity contribution in [3.05, 3.63) is 64.9 Å². The van der Waals surface area contributed by atoms with Gasteiger partial charge in [-0.15, -0.1) is 0 Å². The number of pyridine rings is 1. The second-order valence-corrected chi connectivity index (χ2v) is 9.30. The van der Waals surface area contributed by atoms with Crippen LogP contribution in [-0.4, -0.2) is 59.3 Å². The van der Waals surface area contributed by atoms with Gasteiger partial charge in [0.25, 0.3) is 0 Å². The minimum atomic E-state index is -0.127. The van der Waals surface area contributed by atoms with E-state index in [4.69, 9.17) is 11.6 Å². The number of likely N-dealkylation sites (tertiary alicyclic amines) is 2. The van der Waals surface area contributed by atoms with Crippen LogP contribution >= 0.6 is 11.6 Å². The van der Waals surface area contributed by atoms with Gasteiger partial charge >= 0.3 is 0 Å². The van der Waals surface area contributed by atoms with Crippen molar-refractivity contribution in [1.82, 2.24) is 20.1 Å². The van der Waals surface area contributed by atoms with E-state index in [1.54, 1.807) is 6.20 Å². The highest BCUT2D eigenvalue weighted by atomic mass is 35.5. The highest BCUT2D eigenvalue weighted by Crippen LogP contribution is 2.43. The highest BCUT2D eigenvalue weighted by molar-refractivity contribution is 6.30. The lowest BCUT2D eigenvalue weighted by Gasteiger charge is -2.39. The summed E-state index contributed by atoms with van der Waals surface area (Å²) in [5.74, 6) is 0.206. The lowest BCUT2D eigenvalue weighted by atomic mass is 9.76. The number of nitrogens with one attached hydrogen (secondary N) is 1. The fourth-order valence-electron chi connectivity index (χ4n) is 4.89. The lowest BCUT2D eigenvalue weighted by molar-refractivity contribution is -0.133. The van der Waals surface area contributed by atoms with Gasteiger partial charge in [-0.25, -0.2) is 0 Å². The van der Waals surface area contributed by atoms with Crippen molar-refractivity contribution < 1.29 is 9.59 Å². The Morgan fingerprint density at radius 1 is 1.19 bits per heavy atom. The number of piperidine rings is 1. The molecule has 1 aromatic carbocycles. The molecule has 1 atom stereocenters. The number of nitrogens with zero attached hydrogens (tertiary/aromatic N) is 3. The molecule has 2 aromatic rings. The molecular formula is C24H29ClN4O2. The number of hydrogen-bond acceptors (Lipinski definition) is 4. The second-order valence-electron chi connectivity index (χ2n) is 8.86. The van der Waals surface area contributed by atoms with Crippen molar-refractivity contribution in [2.45, 2.75) is 38.3 Å². The molecule has 6 nitrogen and oxygen atoms in total. The molecular weight excluding hydrogens is 412 g/mol. The normalized spacial score (nSPS) is 20.7. The molecule has 0 radical (unpaired) electrons. The molecule has 4 rings (SSSR count). The number of hydrogen-bond donors (Lipinski definition) is 1. The molecule has 1 unspecified atom stereocenters. The predicted molar refractivity (Wildman–Crippen MR) is 121 cm³/mol. The summed E-state index contributed by atoms with van der Waals surface area (Å²) in [7, 11) is 2.02. The van der Waals surface area contributed by atoms with Gasteiger partial charge in [0.1, 0.15) is 0 Å². The van der Waals surface area contributed by atoms with E-state index < -0.39 is 0 Å². The maximum atomic E-state index is 12.8. The molecule has 0 aliphatic carbocycles. The van der Waals surface area contributed by atoms with Crippen molar-refractivity contribution in [1.29, 1.82) is 0 Å². The van der Waals surface area contributed by atoms with Crippen LogP contribution in [0.4, 0.5) is 0 Å². The Kier molecular flexibility index (Phi) is 6.58. The zero-order valence-electron chi connectivity index (χ0n) is 17.9. The van der Waals surface area contributed by atoms with E-state index in [1.807, 2.05) is 54.4 Å². The molecule has 2 aliphatic heterocycles. The van der Waals surface area contributed by atoms with Crippen molar-refractivity contribution in [3.63, 3.8) is 0 Å². The monoisotopic (exact) mass is 440 g/mol. The maximum Gasteiger partial charge on any atom is 0.237 e. The summed E-state index contributed by atoms with van der Waals surface area (Å²) in [4.78, 5) is 33.9. The number of amides is 2. The first-order valence-corrected chi connectivity index (χ1v) is 11.2. The van der Waals surface area contributed by atoms with Crippen molar-refractivity contribution in [2.24, 2.45) is 5.41 Å². The van der Waals surface area contributed by atoms with Gasteiger partial charge in [0, 0.05) is 30.9 Å². The molecule has 1 aromatic heterocycles. The smallest absolute Gasteiger partial charge is 0.237 e. The predicted octanol–water partition coefficient (Wildman–Crippen LogP) is 2.91. The zero-order valence-corrected chi connectivity index (χ0v) is 18.6. The largest absolute Gasteiger partial charge is 0.349 e. The minimum Gasteiger partial charge on any atom is -0.349 e. The quantitative estimate of drug-likeness (QED) is 0.776. The van der Waals surface area contributed by atoms with E-state index in [9.17, 15) is 9.59 Å². The molecule has 3 heterocycles. The Bertz CT molecular complexity index is 928. The molecule has 164 valence electrons. The van der Waals surface area contributed by atoms with Crippen LogP contribution in [0.15, 0.2) is 48.7 Å². The number of rotatable bonds is 5. The van der Waals surface area contributed by atoms with Crippen molar-refractivity contribution in [2.75, 3.05) is 26.7 Å². The molecule has 31 heavy (non-hydrogen) atoms. The molecule has 0 saturated carbocycles. The van der Waals surface area contributed by atoms with Crippen LogP contribution in [0.25, 0.3) is 0 Å². The van der Waals surface area contributed by atoms with E-state index in [0.717, 1.165) is 50.2 Å². The number of carbonyl (C=O) groups excluding carboxylic acids is 2. The summed E-state index contributed by atoms with van der Waals surface area (Å²) >= 11 is 6.04. The summed E-state index contributed by atoms with van der Waals surface area (Å²) in [6.07, 6.45) is 4.82. The standard InChI is InChI=1S/C24H29ClN4O2/c1-28-17-24(15-21(28)23(31)27-16-20-7-2-3-10-26-20)8-11-29(12-9-24)22(30)14-18-5-4-6-19(25)13-18/h2-7,10,13,21H,8-9,11-12,14-17H2,1H3,(H,27,31). The third kappa shape index (κ3) is 5.25. The van der Waals surface area contributed by atoms with Crippen molar-refractivity contribution >= 4 is 23.4 Å². The third-order valence-electron chi connectivity index (χ3n) is 6.64. The van der Waals surface area contributed by atoms with Crippen LogP contribution in [-0.2, 0) is 22.6 Å². The van der Waals surface area contributed by atoms with E-state index in [0.29, 0.717) is 18.0 Å². The first-order chi connectivity index (χ1) is 14.9. The number of carbonyl (C=O) groups is 2. The van der Waals surface area contributed by atoms with Crippen LogP contribution < -0.4 is 5.32 Å². The molecule has 0 bridgehead atoms. The number of benzene rings is 1. The topological polar surface area (TPSA) is 65.5 Å². The van der Waals surface area contributed by atoms with Gasteiger partial charge in [-0.05, 0) is 61.6 Å². The van der Waals surface area contributed by atoms with Crippen molar-refractivity contribution in [3.8, 4) is 0 Å². The molecule has 1 N–H and O–H groups in total. The maximum absolute atomic E-state index is 12.8. The molecule has 2 fully saturated rings. The summed E-state index contributed by atoms with van der Waals surface area (Å²) in [6.45, 7) is 2.83. The first-order valence-electron chi connectivity index (χ1n) is 10.8. The van der Waals surface area contributed by atoms with Gasteiger partial charge in [-0.3, -0.25) is 19.5 Å². The summed E-state index contributed by atoms with van der Waals surface area (Å²) in [5.41, 5.74) is 1.91. The van der Waals surface area contributed by atoms with Crippen LogP contribution in [0.3, 0.4) is 0 Å². The summed E-state index contributed by atoms with van der Waals surface area (Å²) < 4.78 is 0. The molecule has 2 saturated heterocycles. The van der Waals surface area contributed by atoms with Gasteiger partial charge in [0.05, 0.1) is 24.7 Å².